The Hall–Kier alpha value is -4.53. The van der Waals surface area contributed by atoms with Crippen LogP contribution < -0.4 is 15.5 Å². The van der Waals surface area contributed by atoms with E-state index in [1.165, 1.54) is 4.57 Å². The summed E-state index contributed by atoms with van der Waals surface area (Å²) in [7, 11) is -2.29. The van der Waals surface area contributed by atoms with Crippen molar-refractivity contribution in [3.05, 3.63) is 86.5 Å². The number of carbonyl (C=O) groups is 3. The summed E-state index contributed by atoms with van der Waals surface area (Å²) in [6.07, 6.45) is 3.92. The van der Waals surface area contributed by atoms with Crippen LogP contribution in [0.5, 0.6) is 5.75 Å². The number of carbonyl (C=O) groups excluding carboxylic acids is 3. The molecule has 1 saturated heterocycles. The van der Waals surface area contributed by atoms with Crippen LogP contribution in [0.25, 0.3) is 10.9 Å². The normalized spacial score (nSPS) is 16.8. The quantitative estimate of drug-likeness (QED) is 0.225. The molecule has 238 valence electrons. The highest BCUT2D eigenvalue weighted by Crippen LogP contribution is 2.40. The van der Waals surface area contributed by atoms with Crippen molar-refractivity contribution in [1.29, 1.82) is 0 Å². The van der Waals surface area contributed by atoms with E-state index in [1.54, 1.807) is 24.3 Å². The third-order valence-electron chi connectivity index (χ3n) is 7.46. The van der Waals surface area contributed by atoms with E-state index < -0.39 is 53.6 Å². The van der Waals surface area contributed by atoms with Crippen LogP contribution in [0, 0.1) is 11.6 Å². The predicted octanol–water partition coefficient (Wildman–Crippen LogP) is 5.23. The summed E-state index contributed by atoms with van der Waals surface area (Å²) in [5.41, 5.74) is -0.369. The van der Waals surface area contributed by atoms with Crippen LogP contribution in [0.2, 0.25) is 0 Å². The monoisotopic (exact) mass is 633 g/mol. The number of hydrogen-bond donors (Lipinski definition) is 1. The van der Waals surface area contributed by atoms with Gasteiger partial charge < -0.3 is 19.3 Å². The van der Waals surface area contributed by atoms with E-state index in [0.29, 0.717) is 48.6 Å². The van der Waals surface area contributed by atoms with Gasteiger partial charge in [0.1, 0.15) is 11.4 Å². The Kier molecular flexibility index (Phi) is 10.1. The Morgan fingerprint density at radius 1 is 1.09 bits per heavy atom. The molecule has 2 fully saturated rings. The van der Waals surface area contributed by atoms with E-state index in [4.69, 9.17) is 4.74 Å². The molecule has 1 aromatic heterocycles. The molecule has 0 radical (unpaired) electrons. The number of rotatable bonds is 6. The van der Waals surface area contributed by atoms with Gasteiger partial charge in [0.05, 0.1) is 35.7 Å². The van der Waals surface area contributed by atoms with Crippen LogP contribution >= 0.6 is 0 Å². The zero-order valence-electron chi connectivity index (χ0n) is 23.3. The molecule has 0 atom stereocenters. The first kappa shape index (κ1) is 33.4. The third kappa shape index (κ3) is 6.63. The molecule has 45 heavy (non-hydrogen) atoms. The molecule has 1 saturated carbocycles. The minimum atomic E-state index is -3.40. The molecule has 3 aliphatic rings. The lowest BCUT2D eigenvalue weighted by molar-refractivity contribution is 0.0654. The van der Waals surface area contributed by atoms with Gasteiger partial charge in [0, 0.05) is 18.8 Å². The maximum Gasteiger partial charge on any atom is 0.798 e. The Morgan fingerprint density at radius 2 is 1.73 bits per heavy atom. The summed E-state index contributed by atoms with van der Waals surface area (Å²) in [4.78, 5) is 49.3. The summed E-state index contributed by atoms with van der Waals surface area (Å²) >= 11 is 0. The molecule has 0 unspecified atom stereocenters. The highest BCUT2D eigenvalue weighted by Gasteiger charge is 2.36. The van der Waals surface area contributed by atoms with E-state index in [-0.39, 0.29) is 36.7 Å². The third-order valence-corrected chi connectivity index (χ3v) is 7.46. The molecule has 3 aromatic rings. The van der Waals surface area contributed by atoms with Crippen LogP contribution in [0.15, 0.2) is 52.7 Å². The molecule has 15 heteroatoms. The van der Waals surface area contributed by atoms with Crippen molar-refractivity contribution in [3.63, 3.8) is 0 Å². The maximum atomic E-state index is 14.2. The Balaban J connectivity index is 0.000000203. The second-order valence-corrected chi connectivity index (χ2v) is 10.3. The molecule has 1 N–H and O–H groups in total. The Bertz CT molecular complexity index is 1720. The summed E-state index contributed by atoms with van der Waals surface area (Å²) in [5.74, 6) is -5.83. The van der Waals surface area contributed by atoms with Gasteiger partial charge >= 0.3 is 13.4 Å². The van der Waals surface area contributed by atoms with E-state index in [9.17, 15) is 41.0 Å². The molecule has 2 aliphatic heterocycles. The summed E-state index contributed by atoms with van der Waals surface area (Å²) in [6.45, 7) is 1.11. The summed E-state index contributed by atoms with van der Waals surface area (Å²) in [5, 5.41) is 2.75. The lowest BCUT2D eigenvalue weighted by atomic mass is 10.1. The SMILES string of the molecule is C.COc1c(F)c(F)cc2c(=O)c(C(=O)OB(F)F)cn(C3CC3)c12.O=C1c2ccccc2C(=O)N1C/C(F)=C1/CCCNC1. The first-order valence-corrected chi connectivity index (χ1v) is 13.7. The average Bonchev–Trinajstić information content (AvgIpc) is 3.83. The number of piperidine rings is 1. The summed E-state index contributed by atoms with van der Waals surface area (Å²) < 4.78 is 76.3. The van der Waals surface area contributed by atoms with Gasteiger partial charge in [-0.25, -0.2) is 22.2 Å². The minimum Gasteiger partial charge on any atom is -0.491 e. The number of amides is 2. The second kappa shape index (κ2) is 13.6. The van der Waals surface area contributed by atoms with Gasteiger partial charge in [-0.05, 0) is 56.0 Å². The largest absolute Gasteiger partial charge is 0.798 e. The van der Waals surface area contributed by atoms with E-state index in [1.807, 2.05) is 0 Å². The van der Waals surface area contributed by atoms with Gasteiger partial charge in [-0.1, -0.05) is 19.6 Å². The topological polar surface area (TPSA) is 107 Å². The number of nitrogens with one attached hydrogen (secondary N) is 1. The fourth-order valence-electron chi connectivity index (χ4n) is 5.17. The fraction of sp³-hybridized carbons (Fsp3) is 0.333. The molecule has 0 spiro atoms. The molecule has 3 heterocycles. The van der Waals surface area contributed by atoms with Crippen molar-refractivity contribution in [2.45, 2.75) is 39.2 Å². The van der Waals surface area contributed by atoms with Crippen LogP contribution in [0.1, 0.15) is 70.2 Å². The molecular formula is C30H29BF5N3O6. The Labute approximate surface area is 254 Å². The predicted molar refractivity (Wildman–Crippen MR) is 155 cm³/mol. The second-order valence-electron chi connectivity index (χ2n) is 10.3. The maximum absolute atomic E-state index is 14.2. The number of nitrogens with zero attached hydrogens (tertiary/aromatic N) is 2. The number of pyridine rings is 1. The van der Waals surface area contributed by atoms with Gasteiger partial charge in [-0.2, -0.15) is 4.39 Å². The molecule has 2 amide bonds. The van der Waals surface area contributed by atoms with Crippen LogP contribution in [0.4, 0.5) is 21.8 Å². The van der Waals surface area contributed by atoms with Gasteiger partial charge in [-0.3, -0.25) is 19.3 Å². The van der Waals surface area contributed by atoms with Crippen molar-refractivity contribution in [2.75, 3.05) is 26.7 Å². The van der Waals surface area contributed by atoms with Gasteiger partial charge in [0.2, 0.25) is 11.2 Å². The zero-order valence-corrected chi connectivity index (χ0v) is 23.3. The first-order chi connectivity index (χ1) is 21.0. The smallest absolute Gasteiger partial charge is 0.491 e. The molecule has 2 aromatic carbocycles. The molecular weight excluding hydrogens is 604 g/mol. The highest BCUT2D eigenvalue weighted by atomic mass is 19.2. The van der Waals surface area contributed by atoms with Crippen LogP contribution in [0.3, 0.4) is 0 Å². The molecule has 6 rings (SSSR count). The van der Waals surface area contributed by atoms with Crippen molar-refractivity contribution in [1.82, 2.24) is 14.8 Å². The number of halogens is 5. The van der Waals surface area contributed by atoms with Gasteiger partial charge in [0.25, 0.3) is 11.8 Å². The number of fused-ring (bicyclic) bond motifs is 2. The van der Waals surface area contributed by atoms with Gasteiger partial charge in [-0.15, -0.1) is 0 Å². The van der Waals surface area contributed by atoms with E-state index >= 15 is 0 Å². The number of benzene rings is 2. The number of methoxy groups -OCH3 is 1. The van der Waals surface area contributed by atoms with Crippen molar-refractivity contribution in [2.24, 2.45) is 0 Å². The first-order valence-electron chi connectivity index (χ1n) is 13.7. The standard InChI is InChI=1S/C15H15FN2O2.C14H10BF4NO4.CH4/c16-13(10-4-3-7-17-8-10)9-18-14(19)11-5-1-2-6-12(11)15(18)20;1-23-13-10(17)9(16)4-7-11(13)20(6-2-3-6)5-8(12(7)21)14(22)24-15(18)19;/h1-2,5-6,17H,3-4,7-9H2;4-6H,2-3H2,1H3;1H4/b13-10+;;. The molecule has 1 aliphatic carbocycles. The van der Waals surface area contributed by atoms with Crippen molar-refractivity contribution in [3.8, 4) is 5.75 Å². The fourth-order valence-corrected chi connectivity index (χ4v) is 5.17. The zero-order chi connectivity index (χ0) is 31.7. The van der Waals surface area contributed by atoms with Crippen molar-refractivity contribution >= 4 is 36.2 Å². The number of ether oxygens (including phenoxy) is 1. The van der Waals surface area contributed by atoms with E-state index in [2.05, 4.69) is 9.97 Å². The van der Waals surface area contributed by atoms with Gasteiger partial charge in [0.15, 0.2) is 11.6 Å². The van der Waals surface area contributed by atoms with Crippen molar-refractivity contribution < 1.29 is 45.6 Å². The molecule has 9 nitrogen and oxygen atoms in total. The highest BCUT2D eigenvalue weighted by molar-refractivity contribution is 6.38. The minimum absolute atomic E-state index is 0. The van der Waals surface area contributed by atoms with E-state index in [0.717, 1.165) is 31.2 Å². The lowest BCUT2D eigenvalue weighted by Gasteiger charge is -2.19. The number of imide groups is 1. The lowest BCUT2D eigenvalue weighted by Crippen LogP contribution is -2.32. The average molecular weight is 633 g/mol. The van der Waals surface area contributed by atoms with Crippen LogP contribution in [-0.4, -0.2) is 61.5 Å². The Morgan fingerprint density at radius 3 is 2.27 bits per heavy atom. The number of hydrogen-bond acceptors (Lipinski definition) is 7. The molecule has 0 bridgehead atoms. The number of aromatic nitrogens is 1. The van der Waals surface area contributed by atoms with Crippen LogP contribution in [-0.2, 0) is 4.65 Å². The summed E-state index contributed by atoms with van der Waals surface area (Å²) in [6, 6.07) is 7.05.